The highest BCUT2D eigenvalue weighted by Gasteiger charge is 2.15. The van der Waals surface area contributed by atoms with Crippen LogP contribution in [0.25, 0.3) is 22.6 Å². The van der Waals surface area contributed by atoms with E-state index in [1.54, 1.807) is 48.5 Å². The molecule has 0 aliphatic rings. The Morgan fingerprint density at radius 1 is 0.605 bits per heavy atom. The number of carboxylic acids is 2. The smallest absolute Gasteiger partial charge is 0.336 e. The minimum absolute atomic E-state index is 0.0618. The molecule has 0 aliphatic carbocycles. The zero-order valence-corrected chi connectivity index (χ0v) is 19.3. The number of benzene rings is 2. The minimum Gasteiger partial charge on any atom is -0.478 e. The number of carbonyl (C=O) groups is 4. The maximum atomic E-state index is 11.9. The van der Waals surface area contributed by atoms with Crippen LogP contribution >= 0.6 is 0 Å². The molecule has 4 N–H and O–H groups in total. The van der Waals surface area contributed by atoms with Crippen LogP contribution in [0.4, 0.5) is 0 Å². The lowest BCUT2D eigenvalue weighted by atomic mass is 10.1. The van der Waals surface area contributed by atoms with Crippen LogP contribution in [0.15, 0.2) is 91.8 Å². The van der Waals surface area contributed by atoms with Crippen LogP contribution in [0.1, 0.15) is 32.2 Å². The van der Waals surface area contributed by atoms with Crippen LogP contribution in [0.5, 0.6) is 0 Å². The lowest BCUT2D eigenvalue weighted by Crippen LogP contribution is -2.35. The monoisotopic (exact) mass is 514 g/mol. The Morgan fingerprint density at radius 2 is 1.00 bits per heavy atom. The first kappa shape index (κ1) is 25.3. The molecule has 2 aromatic carbocycles. The molecule has 0 unspecified atom stereocenters. The van der Waals surface area contributed by atoms with Gasteiger partial charge in [-0.1, -0.05) is 36.4 Å². The number of nitrogens with zero attached hydrogens (tertiary/aromatic N) is 2. The fraction of sp³-hybridized carbons (Fsp3) is 0. The molecule has 0 spiro atoms. The summed E-state index contributed by atoms with van der Waals surface area (Å²) in [6.45, 7) is 0. The van der Waals surface area contributed by atoms with Gasteiger partial charge < -0.3 is 19.0 Å². The maximum Gasteiger partial charge on any atom is 0.336 e. The van der Waals surface area contributed by atoms with Gasteiger partial charge in [-0.15, -0.1) is 0 Å². The van der Waals surface area contributed by atoms with E-state index >= 15 is 0 Å². The van der Waals surface area contributed by atoms with Crippen molar-refractivity contribution in [2.45, 2.75) is 0 Å². The first-order valence-electron chi connectivity index (χ1n) is 10.8. The van der Waals surface area contributed by atoms with Crippen LogP contribution < -0.4 is 10.9 Å². The highest BCUT2D eigenvalue weighted by Crippen LogP contribution is 2.26. The molecule has 2 amide bonds. The Kier molecular flexibility index (Phi) is 7.53. The number of carboxylic acid groups (broad SMARTS) is 2. The van der Waals surface area contributed by atoms with Crippen molar-refractivity contribution in [2.24, 2.45) is 10.2 Å². The number of hydrogen-bond acceptors (Lipinski definition) is 8. The van der Waals surface area contributed by atoms with Crippen molar-refractivity contribution >= 4 is 36.2 Å². The van der Waals surface area contributed by atoms with Crippen molar-refractivity contribution in [1.29, 1.82) is 0 Å². The second kappa shape index (κ2) is 11.3. The van der Waals surface area contributed by atoms with E-state index in [9.17, 15) is 29.4 Å². The second-order valence-electron chi connectivity index (χ2n) is 7.50. The number of aromatic carboxylic acids is 2. The topological polar surface area (TPSA) is 184 Å². The summed E-state index contributed by atoms with van der Waals surface area (Å²) < 4.78 is 11.1. The summed E-state index contributed by atoms with van der Waals surface area (Å²) >= 11 is 0. The molecule has 0 fully saturated rings. The molecule has 38 heavy (non-hydrogen) atoms. The number of amides is 2. The van der Waals surface area contributed by atoms with E-state index in [1.165, 1.54) is 24.3 Å². The largest absolute Gasteiger partial charge is 0.478 e. The standard InChI is InChI=1S/C26H18N4O8/c31-23(29-27-13-15-9-11-21(37-15)17-5-1-3-7-19(17)25(33)34)24(32)30-28-14-16-10-12-22(38-16)18-6-2-4-8-20(18)26(35)36/h1-14H,(H,29,31)(H,30,32)(H,33,34)(H,35,36). The van der Waals surface area contributed by atoms with Gasteiger partial charge in [0.25, 0.3) is 0 Å². The zero-order chi connectivity index (χ0) is 27.1. The van der Waals surface area contributed by atoms with Crippen LogP contribution in [-0.4, -0.2) is 46.4 Å². The van der Waals surface area contributed by atoms with Crippen molar-refractivity contribution in [3.8, 4) is 22.6 Å². The zero-order valence-electron chi connectivity index (χ0n) is 19.3. The van der Waals surface area contributed by atoms with Gasteiger partial charge in [0.2, 0.25) is 0 Å². The molecular formula is C26H18N4O8. The molecule has 12 heteroatoms. The highest BCUT2D eigenvalue weighted by molar-refractivity contribution is 6.35. The lowest BCUT2D eigenvalue weighted by Gasteiger charge is -2.02. The molecule has 4 aromatic rings. The van der Waals surface area contributed by atoms with Gasteiger partial charge >= 0.3 is 23.8 Å². The van der Waals surface area contributed by atoms with Gasteiger partial charge in [-0.05, 0) is 36.4 Å². The van der Waals surface area contributed by atoms with E-state index in [2.05, 4.69) is 10.2 Å². The lowest BCUT2D eigenvalue weighted by molar-refractivity contribution is -0.139. The van der Waals surface area contributed by atoms with Crippen molar-refractivity contribution in [1.82, 2.24) is 10.9 Å². The van der Waals surface area contributed by atoms with Crippen LogP contribution in [0.2, 0.25) is 0 Å². The molecule has 0 radical (unpaired) electrons. The van der Waals surface area contributed by atoms with E-state index < -0.39 is 23.8 Å². The SMILES string of the molecule is O=C(NN=Cc1ccc(-c2ccccc2C(=O)O)o1)C(=O)NN=Cc1ccc(-c2ccccc2C(=O)O)o1. The van der Waals surface area contributed by atoms with E-state index in [0.29, 0.717) is 11.1 Å². The molecule has 0 saturated carbocycles. The Morgan fingerprint density at radius 3 is 1.39 bits per heavy atom. The van der Waals surface area contributed by atoms with Gasteiger partial charge in [-0.25, -0.2) is 20.4 Å². The average Bonchev–Trinajstić information content (AvgIpc) is 3.58. The number of carbonyl (C=O) groups excluding carboxylic acids is 2. The summed E-state index contributed by atoms with van der Waals surface area (Å²) in [5.74, 6) is -3.46. The summed E-state index contributed by atoms with van der Waals surface area (Å²) in [6, 6.07) is 18.7. The van der Waals surface area contributed by atoms with Crippen LogP contribution in [0.3, 0.4) is 0 Å². The van der Waals surface area contributed by atoms with Crippen molar-refractivity contribution in [3.63, 3.8) is 0 Å². The van der Waals surface area contributed by atoms with Gasteiger partial charge in [0.15, 0.2) is 0 Å². The third-order valence-electron chi connectivity index (χ3n) is 5.02. The van der Waals surface area contributed by atoms with E-state index in [-0.39, 0.29) is 34.2 Å². The fourth-order valence-electron chi connectivity index (χ4n) is 3.31. The van der Waals surface area contributed by atoms with Crippen LogP contribution in [-0.2, 0) is 9.59 Å². The average molecular weight is 514 g/mol. The third-order valence-corrected chi connectivity index (χ3v) is 5.02. The fourth-order valence-corrected chi connectivity index (χ4v) is 3.31. The van der Waals surface area contributed by atoms with Crippen molar-refractivity contribution in [2.75, 3.05) is 0 Å². The van der Waals surface area contributed by atoms with Crippen LogP contribution in [0, 0.1) is 0 Å². The number of hydrazone groups is 2. The summed E-state index contributed by atoms with van der Waals surface area (Å²) in [5, 5.41) is 25.9. The molecule has 4 rings (SSSR count). The molecule has 2 aromatic heterocycles. The molecule has 190 valence electrons. The van der Waals surface area contributed by atoms with E-state index in [4.69, 9.17) is 8.83 Å². The van der Waals surface area contributed by atoms with E-state index in [1.807, 2.05) is 10.9 Å². The first-order valence-corrected chi connectivity index (χ1v) is 10.8. The molecule has 0 saturated heterocycles. The Hall–Kier alpha value is -5.78. The predicted molar refractivity (Wildman–Crippen MR) is 134 cm³/mol. The second-order valence-corrected chi connectivity index (χ2v) is 7.50. The Labute approximate surface area is 213 Å². The number of nitrogens with one attached hydrogen (secondary N) is 2. The quantitative estimate of drug-likeness (QED) is 0.157. The maximum absolute atomic E-state index is 11.9. The molecule has 2 heterocycles. The van der Waals surface area contributed by atoms with Crippen molar-refractivity contribution < 1.29 is 38.2 Å². The van der Waals surface area contributed by atoms with Gasteiger partial charge in [0.05, 0.1) is 23.6 Å². The number of hydrogen-bond donors (Lipinski definition) is 4. The summed E-state index contributed by atoms with van der Waals surface area (Å²) in [7, 11) is 0. The van der Waals surface area contributed by atoms with E-state index in [0.717, 1.165) is 12.4 Å². The van der Waals surface area contributed by atoms with Crippen molar-refractivity contribution in [3.05, 3.63) is 95.4 Å². The predicted octanol–water partition coefficient (Wildman–Crippen LogP) is 3.20. The Bertz CT molecular complexity index is 1460. The molecular weight excluding hydrogens is 496 g/mol. The summed E-state index contributed by atoms with van der Waals surface area (Å²) in [5.41, 5.74) is 4.89. The van der Waals surface area contributed by atoms with Gasteiger partial charge in [-0.2, -0.15) is 10.2 Å². The third kappa shape index (κ3) is 5.88. The van der Waals surface area contributed by atoms with Gasteiger partial charge in [0, 0.05) is 11.1 Å². The number of rotatable bonds is 8. The molecule has 0 atom stereocenters. The van der Waals surface area contributed by atoms with Gasteiger partial charge in [0.1, 0.15) is 23.0 Å². The van der Waals surface area contributed by atoms with Gasteiger partial charge in [-0.3, -0.25) is 9.59 Å². The Balaban J connectivity index is 1.31. The minimum atomic E-state index is -1.11. The number of furan rings is 2. The molecule has 12 nitrogen and oxygen atoms in total. The summed E-state index contributed by atoms with van der Waals surface area (Å²) in [6.07, 6.45) is 2.28. The summed E-state index contributed by atoms with van der Waals surface area (Å²) in [4.78, 5) is 46.6. The normalized spacial score (nSPS) is 11.1. The highest BCUT2D eigenvalue weighted by atomic mass is 16.4. The molecule has 0 aliphatic heterocycles. The molecule has 0 bridgehead atoms. The first-order chi connectivity index (χ1) is 18.3.